The van der Waals surface area contributed by atoms with Crippen LogP contribution in [0.5, 0.6) is 0 Å². The van der Waals surface area contributed by atoms with Gasteiger partial charge in [-0.1, -0.05) is 29.8 Å². The van der Waals surface area contributed by atoms with Crippen LogP contribution in [0.1, 0.15) is 28.3 Å². The van der Waals surface area contributed by atoms with Gasteiger partial charge in [0, 0.05) is 19.2 Å². The van der Waals surface area contributed by atoms with Gasteiger partial charge in [0.15, 0.2) is 0 Å². The zero-order chi connectivity index (χ0) is 13.1. The van der Waals surface area contributed by atoms with Gasteiger partial charge in [-0.15, -0.1) is 0 Å². The third kappa shape index (κ3) is 2.62. The summed E-state index contributed by atoms with van der Waals surface area (Å²) < 4.78 is 2.20. The smallest absolute Gasteiger partial charge is 0.122 e. The number of aryl methyl sites for hydroxylation is 2. The number of nitrogens with zero attached hydrogens (tertiary/aromatic N) is 2. The Labute approximate surface area is 109 Å². The van der Waals surface area contributed by atoms with Gasteiger partial charge in [0.1, 0.15) is 5.82 Å². The first-order chi connectivity index (χ1) is 8.61. The van der Waals surface area contributed by atoms with Crippen LogP contribution in [-0.2, 0) is 20.0 Å². The zero-order valence-corrected chi connectivity index (χ0v) is 11.6. The summed E-state index contributed by atoms with van der Waals surface area (Å²) >= 11 is 0. The van der Waals surface area contributed by atoms with Crippen molar-refractivity contribution in [1.82, 2.24) is 14.9 Å². The number of rotatable bonds is 4. The topological polar surface area (TPSA) is 29.9 Å². The van der Waals surface area contributed by atoms with E-state index < -0.39 is 0 Å². The lowest BCUT2D eigenvalue weighted by atomic mass is 10.1. The van der Waals surface area contributed by atoms with Crippen molar-refractivity contribution in [2.24, 2.45) is 7.05 Å². The minimum absolute atomic E-state index is 0.811. The molecule has 96 valence electrons. The number of imidazole rings is 1. The van der Waals surface area contributed by atoms with E-state index in [-0.39, 0.29) is 0 Å². The molecule has 3 nitrogen and oxygen atoms in total. The van der Waals surface area contributed by atoms with E-state index >= 15 is 0 Å². The fraction of sp³-hybridized carbons (Fsp3) is 0.400. The van der Waals surface area contributed by atoms with Crippen molar-refractivity contribution in [2.45, 2.75) is 26.8 Å². The molecule has 1 aromatic heterocycles. The molecule has 1 aromatic carbocycles. The highest BCUT2D eigenvalue weighted by molar-refractivity contribution is 5.28. The van der Waals surface area contributed by atoms with Crippen LogP contribution in [0, 0.1) is 13.8 Å². The fourth-order valence-electron chi connectivity index (χ4n) is 2.19. The highest BCUT2D eigenvalue weighted by atomic mass is 15.1. The Hall–Kier alpha value is -1.61. The minimum Gasteiger partial charge on any atom is -0.333 e. The largest absolute Gasteiger partial charge is 0.333 e. The molecule has 18 heavy (non-hydrogen) atoms. The maximum Gasteiger partial charge on any atom is 0.122 e. The first-order valence-corrected chi connectivity index (χ1v) is 6.33. The van der Waals surface area contributed by atoms with E-state index in [0.717, 1.165) is 24.5 Å². The lowest BCUT2D eigenvalue weighted by molar-refractivity contribution is 0.695. The quantitative estimate of drug-likeness (QED) is 0.893. The number of nitrogens with one attached hydrogen (secondary N) is 1. The summed E-state index contributed by atoms with van der Waals surface area (Å²) in [4.78, 5) is 4.61. The van der Waals surface area contributed by atoms with E-state index in [1.807, 2.05) is 7.05 Å². The molecule has 2 aromatic rings. The van der Waals surface area contributed by atoms with Crippen LogP contribution in [0.15, 0.2) is 24.3 Å². The maximum absolute atomic E-state index is 4.61. The van der Waals surface area contributed by atoms with Gasteiger partial charge in [-0.2, -0.15) is 0 Å². The van der Waals surface area contributed by atoms with Crippen molar-refractivity contribution in [3.05, 3.63) is 52.6 Å². The Morgan fingerprint density at radius 1 is 1.17 bits per heavy atom. The first kappa shape index (κ1) is 12.8. The molecule has 0 amide bonds. The first-order valence-electron chi connectivity index (χ1n) is 6.33. The summed E-state index contributed by atoms with van der Waals surface area (Å²) in [5.74, 6) is 1.09. The van der Waals surface area contributed by atoms with Crippen molar-refractivity contribution in [3.8, 4) is 0 Å². The van der Waals surface area contributed by atoms with Crippen LogP contribution in [0.2, 0.25) is 0 Å². The third-order valence-corrected chi connectivity index (χ3v) is 3.33. The van der Waals surface area contributed by atoms with Crippen LogP contribution in [-0.4, -0.2) is 16.6 Å². The van der Waals surface area contributed by atoms with E-state index in [0.29, 0.717) is 0 Å². The van der Waals surface area contributed by atoms with E-state index in [9.17, 15) is 0 Å². The second-order valence-electron chi connectivity index (χ2n) is 4.81. The van der Waals surface area contributed by atoms with E-state index in [4.69, 9.17) is 0 Å². The minimum atomic E-state index is 0.811. The molecule has 0 unspecified atom stereocenters. The number of hydrogen-bond acceptors (Lipinski definition) is 2. The molecule has 0 bridgehead atoms. The van der Waals surface area contributed by atoms with Crippen LogP contribution < -0.4 is 5.32 Å². The molecule has 0 aliphatic carbocycles. The molecule has 0 radical (unpaired) electrons. The molecule has 0 atom stereocenters. The Morgan fingerprint density at radius 2 is 1.83 bits per heavy atom. The third-order valence-electron chi connectivity index (χ3n) is 3.33. The van der Waals surface area contributed by atoms with Crippen LogP contribution >= 0.6 is 0 Å². The molecule has 0 fully saturated rings. The van der Waals surface area contributed by atoms with E-state index in [1.54, 1.807) is 0 Å². The number of benzene rings is 1. The average Bonchev–Trinajstić information content (AvgIpc) is 2.60. The summed E-state index contributed by atoms with van der Waals surface area (Å²) in [5, 5.41) is 3.15. The van der Waals surface area contributed by atoms with Crippen molar-refractivity contribution >= 4 is 0 Å². The second kappa shape index (κ2) is 5.36. The number of hydrogen-bond donors (Lipinski definition) is 1. The second-order valence-corrected chi connectivity index (χ2v) is 4.81. The predicted octanol–water partition coefficient (Wildman–Crippen LogP) is 2.35. The van der Waals surface area contributed by atoms with Gasteiger partial charge in [-0.3, -0.25) is 0 Å². The van der Waals surface area contributed by atoms with Gasteiger partial charge >= 0.3 is 0 Å². The van der Waals surface area contributed by atoms with E-state index in [1.165, 1.54) is 16.8 Å². The standard InChI is InChI=1S/C15H21N3/c1-11-5-7-13(8-6-11)9-14-12(2)17-15(10-16-3)18(14)4/h5-8,16H,9-10H2,1-4H3. The predicted molar refractivity (Wildman–Crippen MR) is 74.7 cm³/mol. The van der Waals surface area contributed by atoms with Crippen molar-refractivity contribution in [1.29, 1.82) is 0 Å². The highest BCUT2D eigenvalue weighted by Crippen LogP contribution is 2.15. The maximum atomic E-state index is 4.61. The molecule has 1 N–H and O–H groups in total. The van der Waals surface area contributed by atoms with Gasteiger partial charge in [-0.25, -0.2) is 4.98 Å². The van der Waals surface area contributed by atoms with Gasteiger partial charge in [-0.05, 0) is 26.5 Å². The Bertz CT molecular complexity index is 523. The summed E-state index contributed by atoms with van der Waals surface area (Å²) in [5.41, 5.74) is 5.06. The summed E-state index contributed by atoms with van der Waals surface area (Å²) in [6, 6.07) is 8.71. The van der Waals surface area contributed by atoms with Crippen molar-refractivity contribution in [3.63, 3.8) is 0 Å². The van der Waals surface area contributed by atoms with Crippen molar-refractivity contribution < 1.29 is 0 Å². The summed E-state index contributed by atoms with van der Waals surface area (Å²) in [6.07, 6.45) is 0.944. The zero-order valence-electron chi connectivity index (χ0n) is 11.6. The molecule has 0 saturated carbocycles. The molecule has 0 spiro atoms. The average molecular weight is 243 g/mol. The van der Waals surface area contributed by atoms with Crippen molar-refractivity contribution in [2.75, 3.05) is 7.05 Å². The van der Waals surface area contributed by atoms with E-state index in [2.05, 4.69) is 60.0 Å². The summed E-state index contributed by atoms with van der Waals surface area (Å²) in [7, 11) is 4.04. The molecule has 0 aliphatic heterocycles. The fourth-order valence-corrected chi connectivity index (χ4v) is 2.19. The lowest BCUT2D eigenvalue weighted by Crippen LogP contribution is -2.11. The Balaban J connectivity index is 2.26. The Morgan fingerprint density at radius 3 is 2.44 bits per heavy atom. The monoisotopic (exact) mass is 243 g/mol. The molecule has 0 aliphatic rings. The van der Waals surface area contributed by atoms with Crippen LogP contribution in [0.4, 0.5) is 0 Å². The number of aromatic nitrogens is 2. The molecular weight excluding hydrogens is 222 g/mol. The molecule has 0 saturated heterocycles. The SMILES string of the molecule is CNCc1nc(C)c(Cc2ccc(C)cc2)n1C. The normalized spacial score (nSPS) is 10.9. The van der Waals surface area contributed by atoms with Gasteiger partial charge in [0.05, 0.1) is 12.2 Å². The van der Waals surface area contributed by atoms with Crippen LogP contribution in [0.3, 0.4) is 0 Å². The molecule has 3 heteroatoms. The van der Waals surface area contributed by atoms with Gasteiger partial charge in [0.2, 0.25) is 0 Å². The lowest BCUT2D eigenvalue weighted by Gasteiger charge is -2.07. The van der Waals surface area contributed by atoms with Crippen LogP contribution in [0.25, 0.3) is 0 Å². The Kier molecular flexibility index (Phi) is 3.82. The summed E-state index contributed by atoms with van der Waals surface area (Å²) in [6.45, 7) is 5.01. The molecule has 2 rings (SSSR count). The molecule has 1 heterocycles. The van der Waals surface area contributed by atoms with Gasteiger partial charge < -0.3 is 9.88 Å². The molecular formula is C15H21N3. The highest BCUT2D eigenvalue weighted by Gasteiger charge is 2.11. The van der Waals surface area contributed by atoms with Gasteiger partial charge in [0.25, 0.3) is 0 Å².